The number of carboxylic acid groups (broad SMARTS) is 1. The van der Waals surface area contributed by atoms with Crippen molar-refractivity contribution in [2.75, 3.05) is 5.32 Å². The van der Waals surface area contributed by atoms with Crippen molar-refractivity contribution in [2.24, 2.45) is 0 Å². The molecule has 0 saturated carbocycles. The first kappa shape index (κ1) is 16.1. The Hall–Kier alpha value is -2.31. The first-order valence-corrected chi connectivity index (χ1v) is 6.81. The molecular weight excluding hydrogens is 331 g/mol. The number of aliphatic carboxylic acids is 1. The van der Waals surface area contributed by atoms with Crippen LogP contribution in [0.1, 0.15) is 5.56 Å². The predicted octanol–water partition coefficient (Wildman–Crippen LogP) is 2.94. The molecule has 0 aromatic heterocycles. The van der Waals surface area contributed by atoms with Gasteiger partial charge in [-0.05, 0) is 23.8 Å². The molecule has 2 rings (SSSR count). The average Bonchev–Trinajstić information content (AvgIpc) is 2.44. The van der Waals surface area contributed by atoms with Crippen molar-refractivity contribution >= 4 is 46.2 Å². The monoisotopic (exact) mass is 339 g/mol. The standard InChI is InChI=1S/C14H10Cl2N2O4/c15-10-6-12(13(18(21)22)7-11(10)16)17-9-3-1-8(2-4-9)5-14(19)20/h1-4,6-7,17H,5H2,(H,19,20)/p-1. The molecule has 22 heavy (non-hydrogen) atoms. The third-order valence-corrected chi connectivity index (χ3v) is 3.54. The molecule has 0 unspecified atom stereocenters. The highest BCUT2D eigenvalue weighted by Crippen LogP contribution is 2.35. The summed E-state index contributed by atoms with van der Waals surface area (Å²) in [7, 11) is 0. The van der Waals surface area contributed by atoms with Crippen LogP contribution >= 0.6 is 23.2 Å². The Morgan fingerprint density at radius 3 is 2.27 bits per heavy atom. The second kappa shape index (κ2) is 6.64. The molecule has 0 spiro atoms. The first-order valence-electron chi connectivity index (χ1n) is 6.06. The topological polar surface area (TPSA) is 95.3 Å². The third-order valence-electron chi connectivity index (χ3n) is 2.82. The number of hydrogen-bond acceptors (Lipinski definition) is 5. The lowest BCUT2D eigenvalue weighted by Crippen LogP contribution is -2.24. The van der Waals surface area contributed by atoms with Gasteiger partial charge in [0.15, 0.2) is 0 Å². The SMILES string of the molecule is O=C([O-])Cc1ccc(Nc2cc(Cl)c(Cl)cc2[N+](=O)[O-])cc1. The van der Waals surface area contributed by atoms with E-state index in [0.717, 1.165) is 6.07 Å². The molecule has 0 aliphatic heterocycles. The van der Waals surface area contributed by atoms with Crippen molar-refractivity contribution in [3.8, 4) is 0 Å². The van der Waals surface area contributed by atoms with Gasteiger partial charge in [0.1, 0.15) is 5.69 Å². The predicted molar refractivity (Wildman–Crippen MR) is 81.6 cm³/mol. The molecule has 8 heteroatoms. The molecule has 6 nitrogen and oxygen atoms in total. The van der Waals surface area contributed by atoms with Crippen molar-refractivity contribution in [1.82, 2.24) is 0 Å². The van der Waals surface area contributed by atoms with Crippen LogP contribution in [0.15, 0.2) is 36.4 Å². The first-order chi connectivity index (χ1) is 10.4. The number of nitro groups is 1. The minimum atomic E-state index is -1.18. The zero-order valence-electron chi connectivity index (χ0n) is 11.0. The summed E-state index contributed by atoms with van der Waals surface area (Å²) >= 11 is 11.6. The lowest BCUT2D eigenvalue weighted by Gasteiger charge is -2.09. The summed E-state index contributed by atoms with van der Waals surface area (Å²) < 4.78 is 0. The van der Waals surface area contributed by atoms with Gasteiger partial charge < -0.3 is 15.2 Å². The maximum absolute atomic E-state index is 11.0. The van der Waals surface area contributed by atoms with Gasteiger partial charge in [-0.15, -0.1) is 0 Å². The Balaban J connectivity index is 2.28. The normalized spacial score (nSPS) is 10.3. The highest BCUT2D eigenvalue weighted by molar-refractivity contribution is 6.42. The van der Waals surface area contributed by atoms with Gasteiger partial charge in [-0.3, -0.25) is 10.1 Å². The fourth-order valence-corrected chi connectivity index (χ4v) is 2.14. The van der Waals surface area contributed by atoms with Gasteiger partial charge in [-0.25, -0.2) is 0 Å². The van der Waals surface area contributed by atoms with Crippen LogP contribution in [0.2, 0.25) is 10.0 Å². The lowest BCUT2D eigenvalue weighted by atomic mass is 10.1. The zero-order valence-corrected chi connectivity index (χ0v) is 12.5. The number of nitrogens with zero attached hydrogens (tertiary/aromatic N) is 1. The van der Waals surface area contributed by atoms with Gasteiger partial charge in [0.2, 0.25) is 0 Å². The lowest BCUT2D eigenvalue weighted by molar-refractivity contribution is -0.383. The van der Waals surface area contributed by atoms with Crippen LogP contribution in [0, 0.1) is 10.1 Å². The van der Waals surface area contributed by atoms with Crippen LogP contribution in [-0.2, 0) is 11.2 Å². The number of nitrogens with one attached hydrogen (secondary N) is 1. The molecule has 2 aromatic rings. The van der Waals surface area contributed by atoms with Gasteiger partial charge in [-0.1, -0.05) is 35.3 Å². The van der Waals surface area contributed by atoms with E-state index >= 15 is 0 Å². The molecule has 0 aliphatic carbocycles. The molecule has 0 amide bonds. The summed E-state index contributed by atoms with van der Waals surface area (Å²) in [5.41, 5.74) is 1.08. The molecule has 0 radical (unpaired) electrons. The van der Waals surface area contributed by atoms with E-state index in [1.807, 2.05) is 0 Å². The van der Waals surface area contributed by atoms with Gasteiger partial charge in [0.25, 0.3) is 5.69 Å². The Kier molecular flexibility index (Phi) is 4.85. The fraction of sp³-hybridized carbons (Fsp3) is 0.0714. The maximum Gasteiger partial charge on any atom is 0.294 e. The summed E-state index contributed by atoms with van der Waals surface area (Å²) in [5.74, 6) is -1.18. The molecule has 0 heterocycles. The number of rotatable bonds is 5. The van der Waals surface area contributed by atoms with E-state index in [0.29, 0.717) is 11.3 Å². The van der Waals surface area contributed by atoms with Gasteiger partial charge >= 0.3 is 0 Å². The van der Waals surface area contributed by atoms with E-state index in [-0.39, 0.29) is 27.8 Å². The van der Waals surface area contributed by atoms with E-state index in [1.54, 1.807) is 24.3 Å². The highest BCUT2D eigenvalue weighted by atomic mass is 35.5. The summed E-state index contributed by atoms with van der Waals surface area (Å²) in [6.45, 7) is 0. The van der Waals surface area contributed by atoms with Crippen molar-refractivity contribution in [1.29, 1.82) is 0 Å². The summed E-state index contributed by atoms with van der Waals surface area (Å²) in [5, 5.41) is 24.7. The summed E-state index contributed by atoms with van der Waals surface area (Å²) in [4.78, 5) is 21.0. The molecule has 0 aliphatic rings. The molecule has 0 atom stereocenters. The minimum Gasteiger partial charge on any atom is -0.550 e. The Bertz CT molecular complexity index is 732. The van der Waals surface area contributed by atoms with Crippen molar-refractivity contribution in [3.63, 3.8) is 0 Å². The molecule has 2 aromatic carbocycles. The smallest absolute Gasteiger partial charge is 0.294 e. The van der Waals surface area contributed by atoms with Gasteiger partial charge in [0, 0.05) is 24.1 Å². The molecule has 0 bridgehead atoms. The van der Waals surface area contributed by atoms with Crippen LogP contribution in [0.25, 0.3) is 0 Å². The van der Waals surface area contributed by atoms with Crippen LogP contribution in [0.5, 0.6) is 0 Å². The number of hydrogen-bond donors (Lipinski definition) is 1. The second-order valence-corrected chi connectivity index (χ2v) is 5.23. The van der Waals surface area contributed by atoms with Crippen molar-refractivity contribution < 1.29 is 14.8 Å². The number of carboxylic acids is 1. The van der Waals surface area contributed by atoms with Crippen LogP contribution in [0.4, 0.5) is 17.1 Å². The van der Waals surface area contributed by atoms with Gasteiger partial charge in [0.05, 0.1) is 15.0 Å². The number of benzene rings is 2. The molecule has 1 N–H and O–H groups in total. The third kappa shape index (κ3) is 3.87. The van der Waals surface area contributed by atoms with E-state index in [2.05, 4.69) is 5.32 Å². The van der Waals surface area contributed by atoms with Crippen LogP contribution < -0.4 is 10.4 Å². The van der Waals surface area contributed by atoms with E-state index in [9.17, 15) is 20.0 Å². The number of halogens is 2. The summed E-state index contributed by atoms with van der Waals surface area (Å²) in [6.07, 6.45) is -0.201. The molecular formula is C14H9Cl2N2O4-. The number of carbonyl (C=O) groups excluding carboxylic acids is 1. The minimum absolute atomic E-state index is 0.0863. The Morgan fingerprint density at radius 1 is 1.14 bits per heavy atom. The van der Waals surface area contributed by atoms with E-state index < -0.39 is 10.9 Å². The quantitative estimate of drug-likeness (QED) is 0.667. The van der Waals surface area contributed by atoms with Crippen LogP contribution in [-0.4, -0.2) is 10.9 Å². The zero-order chi connectivity index (χ0) is 16.3. The molecule has 0 saturated heterocycles. The maximum atomic E-state index is 11.0. The number of carbonyl (C=O) groups is 1. The van der Waals surface area contributed by atoms with E-state index in [4.69, 9.17) is 23.2 Å². The van der Waals surface area contributed by atoms with E-state index in [1.165, 1.54) is 6.07 Å². The average molecular weight is 340 g/mol. The fourth-order valence-electron chi connectivity index (χ4n) is 1.82. The highest BCUT2D eigenvalue weighted by Gasteiger charge is 2.17. The Labute approximate surface area is 135 Å². The van der Waals surface area contributed by atoms with Crippen LogP contribution in [0.3, 0.4) is 0 Å². The second-order valence-electron chi connectivity index (χ2n) is 4.41. The van der Waals surface area contributed by atoms with Gasteiger partial charge in [-0.2, -0.15) is 0 Å². The Morgan fingerprint density at radius 2 is 1.73 bits per heavy atom. The molecule has 114 valence electrons. The summed E-state index contributed by atoms with van der Waals surface area (Å²) in [6, 6.07) is 8.89. The number of nitro benzene ring substituents is 1. The van der Waals surface area contributed by atoms with Crippen molar-refractivity contribution in [3.05, 3.63) is 62.1 Å². The van der Waals surface area contributed by atoms with Crippen molar-refractivity contribution in [2.45, 2.75) is 6.42 Å². The molecule has 0 fully saturated rings. The largest absolute Gasteiger partial charge is 0.550 e. The number of anilines is 2.